The van der Waals surface area contributed by atoms with Gasteiger partial charge in [-0.15, -0.1) is 0 Å². The standard InChI is InChI=1S/C31H26FN5O4S2/c32-22-7-4-20(5-8-22)18-37-30(39)26(43-31(37)42)16-23-28(33-27-3-1-2-10-36(27)29(23)38)35-13-11-34(12-14-35)17-21-6-9-24-25(15-21)41-19-40-24/h1-10,15-16H,11-14,17-19H2. The average Bonchev–Trinajstić information content (AvgIpc) is 3.59. The van der Waals surface area contributed by atoms with Crippen molar-refractivity contribution in [2.75, 3.05) is 37.9 Å². The number of carbonyl (C=O) groups is 1. The molecule has 0 aliphatic carbocycles. The Balaban J connectivity index is 1.15. The summed E-state index contributed by atoms with van der Waals surface area (Å²) >= 11 is 6.67. The van der Waals surface area contributed by atoms with Gasteiger partial charge in [0.2, 0.25) is 6.79 Å². The number of pyridine rings is 1. The summed E-state index contributed by atoms with van der Waals surface area (Å²) in [5.41, 5.74) is 2.52. The molecule has 12 heteroatoms. The molecule has 43 heavy (non-hydrogen) atoms. The van der Waals surface area contributed by atoms with Crippen LogP contribution in [0.3, 0.4) is 0 Å². The molecule has 1 amide bonds. The Morgan fingerprint density at radius 2 is 1.70 bits per heavy atom. The van der Waals surface area contributed by atoms with Crippen LogP contribution in [0.1, 0.15) is 16.7 Å². The topological polar surface area (TPSA) is 79.6 Å². The van der Waals surface area contributed by atoms with E-state index in [2.05, 4.69) is 15.9 Å². The minimum atomic E-state index is -0.348. The van der Waals surface area contributed by atoms with Crippen LogP contribution in [-0.4, -0.2) is 62.4 Å². The maximum absolute atomic E-state index is 13.8. The van der Waals surface area contributed by atoms with Gasteiger partial charge >= 0.3 is 0 Å². The van der Waals surface area contributed by atoms with E-state index in [1.807, 2.05) is 18.2 Å². The number of piperazine rings is 1. The number of aromatic nitrogens is 2. The fraction of sp³-hybridized carbons (Fsp3) is 0.226. The van der Waals surface area contributed by atoms with Crippen LogP contribution in [0.2, 0.25) is 0 Å². The maximum atomic E-state index is 13.8. The summed E-state index contributed by atoms with van der Waals surface area (Å²) in [6.07, 6.45) is 3.29. The van der Waals surface area contributed by atoms with Crippen molar-refractivity contribution >= 4 is 51.7 Å². The molecule has 3 aliphatic rings. The monoisotopic (exact) mass is 615 g/mol. The Kier molecular flexibility index (Phi) is 7.33. The van der Waals surface area contributed by atoms with Gasteiger partial charge in [0, 0.05) is 38.9 Å². The highest BCUT2D eigenvalue weighted by molar-refractivity contribution is 8.26. The molecular formula is C31H26FN5O4S2. The van der Waals surface area contributed by atoms with Gasteiger partial charge in [-0.2, -0.15) is 0 Å². The fourth-order valence-electron chi connectivity index (χ4n) is 5.41. The SMILES string of the molecule is O=C1C(=Cc2c(N3CCN(Cc4ccc5c(c4)OCO5)CC3)nc3ccccn3c2=O)SC(=S)N1Cc1ccc(F)cc1. The number of amides is 1. The molecule has 5 heterocycles. The second-order valence-electron chi connectivity index (χ2n) is 10.4. The molecule has 2 saturated heterocycles. The van der Waals surface area contributed by atoms with Crippen molar-refractivity contribution in [1.29, 1.82) is 0 Å². The molecule has 0 radical (unpaired) electrons. The normalized spacial score (nSPS) is 17.9. The third-order valence-corrected chi connectivity index (χ3v) is 9.04. The highest BCUT2D eigenvalue weighted by Crippen LogP contribution is 2.35. The van der Waals surface area contributed by atoms with E-state index in [0.29, 0.717) is 39.3 Å². The highest BCUT2D eigenvalue weighted by atomic mass is 32.2. The van der Waals surface area contributed by atoms with Crippen LogP contribution in [0.15, 0.2) is 76.6 Å². The molecule has 218 valence electrons. The molecule has 0 saturated carbocycles. The first-order valence-electron chi connectivity index (χ1n) is 13.8. The van der Waals surface area contributed by atoms with E-state index in [1.54, 1.807) is 36.5 Å². The zero-order valence-corrected chi connectivity index (χ0v) is 24.6. The van der Waals surface area contributed by atoms with Crippen molar-refractivity contribution < 1.29 is 18.7 Å². The summed E-state index contributed by atoms with van der Waals surface area (Å²) in [4.78, 5) is 38.4. The van der Waals surface area contributed by atoms with Crippen molar-refractivity contribution in [1.82, 2.24) is 19.2 Å². The number of hydrogen-bond acceptors (Lipinski definition) is 9. The van der Waals surface area contributed by atoms with Crippen LogP contribution in [-0.2, 0) is 17.9 Å². The first-order valence-corrected chi connectivity index (χ1v) is 15.0. The molecule has 3 aliphatic heterocycles. The van der Waals surface area contributed by atoms with Crippen molar-refractivity contribution in [3.05, 3.63) is 105 Å². The van der Waals surface area contributed by atoms with Gasteiger partial charge in [-0.1, -0.05) is 48.2 Å². The van der Waals surface area contributed by atoms with Crippen LogP contribution in [0, 0.1) is 5.82 Å². The quantitative estimate of drug-likeness (QED) is 0.233. The summed E-state index contributed by atoms with van der Waals surface area (Å²) in [5, 5.41) is 0. The summed E-state index contributed by atoms with van der Waals surface area (Å²) in [6, 6.07) is 17.4. The second kappa shape index (κ2) is 11.4. The van der Waals surface area contributed by atoms with Crippen LogP contribution >= 0.6 is 24.0 Å². The van der Waals surface area contributed by atoms with E-state index in [9.17, 15) is 14.0 Å². The van der Waals surface area contributed by atoms with E-state index in [0.717, 1.165) is 54.0 Å². The van der Waals surface area contributed by atoms with Gasteiger partial charge in [0.25, 0.3) is 11.5 Å². The van der Waals surface area contributed by atoms with Crippen LogP contribution in [0.25, 0.3) is 11.7 Å². The molecule has 0 unspecified atom stereocenters. The van der Waals surface area contributed by atoms with Gasteiger partial charge in [0.15, 0.2) is 11.5 Å². The first kappa shape index (κ1) is 27.6. The zero-order chi connectivity index (χ0) is 29.5. The van der Waals surface area contributed by atoms with Crippen molar-refractivity contribution in [2.24, 2.45) is 0 Å². The van der Waals surface area contributed by atoms with Gasteiger partial charge in [0.1, 0.15) is 21.6 Å². The Hall–Kier alpha value is -4.26. The van der Waals surface area contributed by atoms with Crippen molar-refractivity contribution in [2.45, 2.75) is 13.1 Å². The Bertz CT molecular complexity index is 1840. The lowest BCUT2D eigenvalue weighted by Crippen LogP contribution is -2.47. The maximum Gasteiger partial charge on any atom is 0.267 e. The van der Waals surface area contributed by atoms with E-state index >= 15 is 0 Å². The number of halogens is 1. The van der Waals surface area contributed by atoms with Gasteiger partial charge in [-0.05, 0) is 53.6 Å². The summed E-state index contributed by atoms with van der Waals surface area (Å²) in [6.45, 7) is 4.08. The molecule has 0 spiro atoms. The number of fused-ring (bicyclic) bond motifs is 2. The van der Waals surface area contributed by atoms with Gasteiger partial charge < -0.3 is 14.4 Å². The molecule has 2 aromatic heterocycles. The third-order valence-electron chi connectivity index (χ3n) is 7.67. The van der Waals surface area contributed by atoms with Gasteiger partial charge in [-0.25, -0.2) is 9.37 Å². The van der Waals surface area contributed by atoms with Crippen LogP contribution < -0.4 is 19.9 Å². The summed E-state index contributed by atoms with van der Waals surface area (Å²) < 4.78 is 26.2. The van der Waals surface area contributed by atoms with E-state index in [1.165, 1.54) is 21.4 Å². The predicted octanol–water partition coefficient (Wildman–Crippen LogP) is 4.29. The zero-order valence-electron chi connectivity index (χ0n) is 22.9. The number of hydrogen-bond donors (Lipinski definition) is 0. The molecule has 7 rings (SSSR count). The molecule has 2 aromatic carbocycles. The van der Waals surface area contributed by atoms with Crippen LogP contribution in [0.5, 0.6) is 11.5 Å². The molecule has 2 fully saturated rings. The average molecular weight is 616 g/mol. The van der Waals surface area contributed by atoms with Crippen molar-refractivity contribution in [3.8, 4) is 11.5 Å². The molecular weight excluding hydrogens is 590 g/mol. The number of benzene rings is 2. The number of thioether (sulfide) groups is 1. The van der Waals surface area contributed by atoms with E-state index < -0.39 is 0 Å². The minimum absolute atomic E-state index is 0.218. The molecule has 9 nitrogen and oxygen atoms in total. The third kappa shape index (κ3) is 5.49. The molecule has 0 N–H and O–H groups in total. The fourth-order valence-corrected chi connectivity index (χ4v) is 6.65. The van der Waals surface area contributed by atoms with Gasteiger partial charge in [0.05, 0.1) is 17.0 Å². The largest absolute Gasteiger partial charge is 0.454 e. The van der Waals surface area contributed by atoms with Gasteiger partial charge in [-0.3, -0.25) is 23.8 Å². The second-order valence-corrected chi connectivity index (χ2v) is 12.1. The predicted molar refractivity (Wildman–Crippen MR) is 167 cm³/mol. The molecule has 4 aromatic rings. The number of nitrogens with zero attached hydrogens (tertiary/aromatic N) is 5. The summed E-state index contributed by atoms with van der Waals surface area (Å²) in [7, 11) is 0. The smallest absolute Gasteiger partial charge is 0.267 e. The Morgan fingerprint density at radius 1 is 0.930 bits per heavy atom. The number of thiocarbonyl (C=S) groups is 1. The number of rotatable bonds is 6. The lowest BCUT2D eigenvalue weighted by atomic mass is 10.1. The highest BCUT2D eigenvalue weighted by Gasteiger charge is 2.33. The lowest BCUT2D eigenvalue weighted by Gasteiger charge is -2.36. The minimum Gasteiger partial charge on any atom is -0.454 e. The van der Waals surface area contributed by atoms with E-state index in [4.69, 9.17) is 26.7 Å². The molecule has 0 atom stereocenters. The van der Waals surface area contributed by atoms with Crippen LogP contribution in [0.4, 0.5) is 10.2 Å². The van der Waals surface area contributed by atoms with E-state index in [-0.39, 0.29) is 30.6 Å². The Labute approximate surface area is 256 Å². The Morgan fingerprint density at radius 3 is 2.51 bits per heavy atom. The first-order chi connectivity index (χ1) is 20.9. The number of anilines is 1. The molecule has 0 bridgehead atoms. The number of ether oxygens (including phenoxy) is 2. The summed E-state index contributed by atoms with van der Waals surface area (Å²) in [5.74, 6) is 1.44. The lowest BCUT2D eigenvalue weighted by molar-refractivity contribution is -0.122. The van der Waals surface area contributed by atoms with Crippen molar-refractivity contribution in [3.63, 3.8) is 0 Å². The number of carbonyl (C=O) groups excluding carboxylic acids is 1.